The summed E-state index contributed by atoms with van der Waals surface area (Å²) in [5.74, 6) is 0.225. The van der Waals surface area contributed by atoms with Crippen LogP contribution in [0.5, 0.6) is 0 Å². The molecule has 4 nitrogen and oxygen atoms in total. The summed E-state index contributed by atoms with van der Waals surface area (Å²) < 4.78 is 0. The van der Waals surface area contributed by atoms with Gasteiger partial charge in [0.15, 0.2) is 0 Å². The molecule has 0 aliphatic carbocycles. The lowest BCUT2D eigenvalue weighted by Crippen LogP contribution is -2.39. The lowest BCUT2D eigenvalue weighted by atomic mass is 10.1. The molecule has 1 N–H and O–H groups in total. The van der Waals surface area contributed by atoms with Gasteiger partial charge in [-0.3, -0.25) is 14.8 Å². The SMILES string of the molecule is Cc1ccncc1CCCNN1CCCC1=O. The highest BCUT2D eigenvalue weighted by Crippen LogP contribution is 2.08. The third-order valence-electron chi connectivity index (χ3n) is 3.15. The maximum Gasteiger partial charge on any atom is 0.236 e. The number of rotatable bonds is 5. The molecular weight excluding hydrogens is 214 g/mol. The van der Waals surface area contributed by atoms with Crippen LogP contribution in [0.2, 0.25) is 0 Å². The van der Waals surface area contributed by atoms with Gasteiger partial charge in [-0.15, -0.1) is 0 Å². The van der Waals surface area contributed by atoms with Gasteiger partial charge in [-0.2, -0.15) is 0 Å². The smallest absolute Gasteiger partial charge is 0.236 e. The van der Waals surface area contributed by atoms with Crippen molar-refractivity contribution in [3.8, 4) is 0 Å². The molecule has 1 aliphatic rings. The number of hydrazine groups is 1. The summed E-state index contributed by atoms with van der Waals surface area (Å²) in [6.07, 6.45) is 7.45. The molecule has 4 heteroatoms. The number of hydrogen-bond acceptors (Lipinski definition) is 3. The van der Waals surface area contributed by atoms with Crippen LogP contribution in [0.25, 0.3) is 0 Å². The van der Waals surface area contributed by atoms with Gasteiger partial charge >= 0.3 is 0 Å². The Kier molecular flexibility index (Phi) is 4.09. The fourth-order valence-electron chi connectivity index (χ4n) is 2.07. The van der Waals surface area contributed by atoms with Crippen LogP contribution in [0.4, 0.5) is 0 Å². The topological polar surface area (TPSA) is 45.2 Å². The van der Waals surface area contributed by atoms with Crippen LogP contribution in [0.15, 0.2) is 18.5 Å². The van der Waals surface area contributed by atoms with E-state index in [0.717, 1.165) is 32.4 Å². The van der Waals surface area contributed by atoms with Crippen molar-refractivity contribution in [2.75, 3.05) is 13.1 Å². The van der Waals surface area contributed by atoms with Gasteiger partial charge in [-0.25, -0.2) is 5.43 Å². The van der Waals surface area contributed by atoms with Crippen LogP contribution >= 0.6 is 0 Å². The molecule has 0 radical (unpaired) electrons. The highest BCUT2D eigenvalue weighted by molar-refractivity contribution is 5.77. The summed E-state index contributed by atoms with van der Waals surface area (Å²) in [6.45, 7) is 3.80. The molecule has 1 aromatic rings. The molecule has 1 amide bonds. The number of carbonyl (C=O) groups is 1. The zero-order valence-corrected chi connectivity index (χ0v) is 10.3. The van der Waals surface area contributed by atoms with Gasteiger partial charge in [0, 0.05) is 31.9 Å². The van der Waals surface area contributed by atoms with E-state index in [9.17, 15) is 4.79 Å². The number of aryl methyl sites for hydroxylation is 2. The van der Waals surface area contributed by atoms with Crippen LogP contribution in [-0.4, -0.2) is 29.0 Å². The Morgan fingerprint density at radius 1 is 1.53 bits per heavy atom. The number of nitrogens with zero attached hydrogens (tertiary/aromatic N) is 2. The van der Waals surface area contributed by atoms with Gasteiger partial charge in [-0.05, 0) is 43.4 Å². The highest BCUT2D eigenvalue weighted by Gasteiger charge is 2.18. The van der Waals surface area contributed by atoms with Gasteiger partial charge in [0.1, 0.15) is 0 Å². The predicted molar refractivity (Wildman–Crippen MR) is 66.2 cm³/mol. The average molecular weight is 233 g/mol. The second kappa shape index (κ2) is 5.77. The maximum atomic E-state index is 11.3. The van der Waals surface area contributed by atoms with Gasteiger partial charge < -0.3 is 0 Å². The summed E-state index contributed by atoms with van der Waals surface area (Å²) in [6, 6.07) is 2.03. The Hall–Kier alpha value is -1.42. The van der Waals surface area contributed by atoms with Crippen molar-refractivity contribution in [2.45, 2.75) is 32.6 Å². The minimum Gasteiger partial charge on any atom is -0.278 e. The Morgan fingerprint density at radius 3 is 3.12 bits per heavy atom. The zero-order valence-electron chi connectivity index (χ0n) is 10.3. The Morgan fingerprint density at radius 2 is 2.41 bits per heavy atom. The first-order chi connectivity index (χ1) is 8.27. The normalized spacial score (nSPS) is 15.6. The quantitative estimate of drug-likeness (QED) is 0.783. The summed E-state index contributed by atoms with van der Waals surface area (Å²) in [5, 5.41) is 1.75. The van der Waals surface area contributed by atoms with E-state index < -0.39 is 0 Å². The van der Waals surface area contributed by atoms with Crippen LogP contribution in [-0.2, 0) is 11.2 Å². The van der Waals surface area contributed by atoms with E-state index in [1.165, 1.54) is 11.1 Å². The number of amides is 1. The van der Waals surface area contributed by atoms with Gasteiger partial charge in [0.05, 0.1) is 0 Å². The molecule has 0 atom stereocenters. The second-order valence-electron chi connectivity index (χ2n) is 4.46. The molecule has 1 saturated heterocycles. The van der Waals surface area contributed by atoms with Crippen molar-refractivity contribution in [2.24, 2.45) is 0 Å². The largest absolute Gasteiger partial charge is 0.278 e. The van der Waals surface area contributed by atoms with Crippen molar-refractivity contribution in [1.29, 1.82) is 0 Å². The Bertz CT molecular complexity index is 392. The third kappa shape index (κ3) is 3.27. The molecule has 0 aromatic carbocycles. The molecule has 2 heterocycles. The van der Waals surface area contributed by atoms with E-state index in [1.807, 2.05) is 18.5 Å². The van der Waals surface area contributed by atoms with Gasteiger partial charge in [-0.1, -0.05) is 0 Å². The Labute approximate surface area is 102 Å². The van der Waals surface area contributed by atoms with Crippen LogP contribution in [0, 0.1) is 6.92 Å². The average Bonchev–Trinajstić information content (AvgIpc) is 2.73. The molecule has 1 aromatic heterocycles. The van der Waals surface area contributed by atoms with Crippen molar-refractivity contribution in [1.82, 2.24) is 15.4 Å². The fourth-order valence-corrected chi connectivity index (χ4v) is 2.07. The van der Waals surface area contributed by atoms with Crippen LogP contribution in [0.1, 0.15) is 30.4 Å². The molecule has 0 spiro atoms. The van der Waals surface area contributed by atoms with E-state index in [4.69, 9.17) is 0 Å². The fraction of sp³-hybridized carbons (Fsp3) is 0.538. The monoisotopic (exact) mass is 233 g/mol. The standard InChI is InChI=1S/C13H19N3O/c1-11-6-8-14-10-12(11)4-2-7-15-16-9-3-5-13(16)17/h6,8,10,15H,2-5,7,9H2,1H3. The summed E-state index contributed by atoms with van der Waals surface area (Å²) in [4.78, 5) is 15.5. The molecule has 2 rings (SSSR count). The number of pyridine rings is 1. The van der Waals surface area contributed by atoms with Crippen molar-refractivity contribution in [3.05, 3.63) is 29.6 Å². The molecule has 17 heavy (non-hydrogen) atoms. The molecule has 92 valence electrons. The number of hydrogen-bond donors (Lipinski definition) is 1. The zero-order chi connectivity index (χ0) is 12.1. The first kappa shape index (κ1) is 12.0. The first-order valence-electron chi connectivity index (χ1n) is 6.21. The van der Waals surface area contributed by atoms with Gasteiger partial charge in [0.25, 0.3) is 0 Å². The van der Waals surface area contributed by atoms with Crippen LogP contribution in [0.3, 0.4) is 0 Å². The lowest BCUT2D eigenvalue weighted by molar-refractivity contribution is -0.130. The van der Waals surface area contributed by atoms with Crippen molar-refractivity contribution < 1.29 is 4.79 Å². The molecular formula is C13H19N3O. The number of carbonyl (C=O) groups excluding carboxylic acids is 1. The Balaban J connectivity index is 1.70. The molecule has 0 bridgehead atoms. The molecule has 1 fully saturated rings. The summed E-state index contributed by atoms with van der Waals surface area (Å²) >= 11 is 0. The highest BCUT2D eigenvalue weighted by atomic mass is 16.2. The number of aromatic nitrogens is 1. The summed E-state index contributed by atoms with van der Waals surface area (Å²) in [7, 11) is 0. The predicted octanol–water partition coefficient (Wildman–Crippen LogP) is 1.45. The number of nitrogens with one attached hydrogen (secondary N) is 1. The van der Waals surface area contributed by atoms with Crippen molar-refractivity contribution in [3.63, 3.8) is 0 Å². The minimum atomic E-state index is 0.225. The van der Waals surface area contributed by atoms with E-state index in [0.29, 0.717) is 6.42 Å². The first-order valence-corrected chi connectivity index (χ1v) is 6.21. The van der Waals surface area contributed by atoms with E-state index >= 15 is 0 Å². The van der Waals surface area contributed by atoms with Crippen molar-refractivity contribution >= 4 is 5.91 Å². The third-order valence-corrected chi connectivity index (χ3v) is 3.15. The maximum absolute atomic E-state index is 11.3. The minimum absolute atomic E-state index is 0.225. The molecule has 1 aliphatic heterocycles. The van der Waals surface area contributed by atoms with Gasteiger partial charge in [0.2, 0.25) is 5.91 Å². The van der Waals surface area contributed by atoms with E-state index in [1.54, 1.807) is 5.01 Å². The molecule has 0 saturated carbocycles. The van der Waals surface area contributed by atoms with E-state index in [-0.39, 0.29) is 5.91 Å². The summed E-state index contributed by atoms with van der Waals surface area (Å²) in [5.41, 5.74) is 5.77. The second-order valence-corrected chi connectivity index (χ2v) is 4.46. The lowest BCUT2D eigenvalue weighted by Gasteiger charge is -2.16. The van der Waals surface area contributed by atoms with E-state index in [2.05, 4.69) is 17.3 Å². The van der Waals surface area contributed by atoms with Crippen LogP contribution < -0.4 is 5.43 Å². The molecule has 0 unspecified atom stereocenters.